The van der Waals surface area contributed by atoms with E-state index in [-0.39, 0.29) is 0 Å². The molecule has 0 amide bonds. The van der Waals surface area contributed by atoms with Crippen molar-refractivity contribution in [2.75, 3.05) is 5.73 Å². The summed E-state index contributed by atoms with van der Waals surface area (Å²) in [6, 6.07) is 0.445. The maximum atomic E-state index is 5.59. The lowest BCUT2D eigenvalue weighted by molar-refractivity contribution is 0.479. The Morgan fingerprint density at radius 3 is 2.82 bits per heavy atom. The number of halogens is 1. The second kappa shape index (κ2) is 3.42. The van der Waals surface area contributed by atoms with Crippen LogP contribution in [0.3, 0.4) is 0 Å². The van der Waals surface area contributed by atoms with E-state index in [1.165, 1.54) is 0 Å². The molecule has 1 aromatic rings. The molecule has 0 saturated carbocycles. The van der Waals surface area contributed by atoms with Gasteiger partial charge in [0.15, 0.2) is 5.82 Å². The highest BCUT2D eigenvalue weighted by molar-refractivity contribution is 14.1. The first-order valence-corrected chi connectivity index (χ1v) is 4.73. The average molecular weight is 265 g/mol. The summed E-state index contributed by atoms with van der Waals surface area (Å²) in [7, 11) is 0. The molecule has 1 aromatic heterocycles. The predicted octanol–water partition coefficient (Wildman–Crippen LogP) is 2.04. The van der Waals surface area contributed by atoms with Gasteiger partial charge in [-0.2, -0.15) is 5.10 Å². The van der Waals surface area contributed by atoms with Crippen molar-refractivity contribution < 1.29 is 0 Å². The lowest BCUT2D eigenvalue weighted by Crippen LogP contribution is -2.04. The van der Waals surface area contributed by atoms with E-state index < -0.39 is 0 Å². The summed E-state index contributed by atoms with van der Waals surface area (Å²) in [6.07, 6.45) is 3.06. The zero-order valence-electron chi connectivity index (χ0n) is 6.71. The highest BCUT2D eigenvalue weighted by Crippen LogP contribution is 2.16. The highest BCUT2D eigenvalue weighted by atomic mass is 127. The monoisotopic (exact) mass is 265 g/mol. The number of hydrogen-bond acceptors (Lipinski definition) is 2. The van der Waals surface area contributed by atoms with Crippen molar-refractivity contribution in [3.05, 3.63) is 9.77 Å². The van der Waals surface area contributed by atoms with Crippen LogP contribution in [0.25, 0.3) is 0 Å². The molecule has 0 saturated heterocycles. The lowest BCUT2D eigenvalue weighted by Gasteiger charge is -2.07. The minimum atomic E-state index is 0.445. The quantitative estimate of drug-likeness (QED) is 0.831. The van der Waals surface area contributed by atoms with Crippen molar-refractivity contribution in [2.45, 2.75) is 26.3 Å². The first-order valence-electron chi connectivity index (χ1n) is 3.65. The predicted molar refractivity (Wildman–Crippen MR) is 54.4 cm³/mol. The summed E-state index contributed by atoms with van der Waals surface area (Å²) < 4.78 is 2.94. The average Bonchev–Trinajstić information content (AvgIpc) is 2.31. The smallest absolute Gasteiger partial charge is 0.158 e. The summed E-state index contributed by atoms with van der Waals surface area (Å²) in [5.41, 5.74) is 5.59. The molecule has 0 fully saturated rings. The first kappa shape index (κ1) is 8.83. The lowest BCUT2D eigenvalue weighted by atomic mass is 10.3. The van der Waals surface area contributed by atoms with E-state index in [0.717, 1.165) is 9.99 Å². The molecule has 0 aromatic carbocycles. The number of aromatic nitrogens is 2. The topological polar surface area (TPSA) is 43.8 Å². The van der Waals surface area contributed by atoms with Crippen molar-refractivity contribution in [2.24, 2.45) is 0 Å². The van der Waals surface area contributed by atoms with Crippen LogP contribution in [0, 0.1) is 3.57 Å². The maximum Gasteiger partial charge on any atom is 0.158 e. The van der Waals surface area contributed by atoms with Crippen LogP contribution in [0.5, 0.6) is 0 Å². The second-order valence-corrected chi connectivity index (χ2v) is 3.76. The van der Waals surface area contributed by atoms with Crippen LogP contribution in [0.2, 0.25) is 0 Å². The minimum Gasteiger partial charge on any atom is -0.381 e. The van der Waals surface area contributed by atoms with Gasteiger partial charge in [-0.1, -0.05) is 6.92 Å². The van der Waals surface area contributed by atoms with Gasteiger partial charge in [0, 0.05) is 12.2 Å². The van der Waals surface area contributed by atoms with Crippen LogP contribution < -0.4 is 5.73 Å². The largest absolute Gasteiger partial charge is 0.381 e. The molecule has 0 aliphatic carbocycles. The molecule has 0 unspecified atom stereocenters. The van der Waals surface area contributed by atoms with Gasteiger partial charge in [0.25, 0.3) is 0 Å². The van der Waals surface area contributed by atoms with Crippen LogP contribution in [-0.2, 0) is 0 Å². The van der Waals surface area contributed by atoms with Gasteiger partial charge in [0.05, 0.1) is 3.57 Å². The van der Waals surface area contributed by atoms with Crippen molar-refractivity contribution in [1.82, 2.24) is 9.78 Å². The highest BCUT2D eigenvalue weighted by Gasteiger charge is 2.06. The Morgan fingerprint density at radius 1 is 1.82 bits per heavy atom. The zero-order valence-corrected chi connectivity index (χ0v) is 8.87. The van der Waals surface area contributed by atoms with E-state index in [9.17, 15) is 0 Å². The van der Waals surface area contributed by atoms with Gasteiger partial charge in [-0.05, 0) is 35.9 Å². The number of nitrogens with two attached hydrogens (primary N) is 1. The molecule has 1 heterocycles. The summed E-state index contributed by atoms with van der Waals surface area (Å²) in [5.74, 6) is 0.630. The van der Waals surface area contributed by atoms with Gasteiger partial charge in [0.2, 0.25) is 0 Å². The standard InChI is InChI=1S/C7H12IN3/c1-3-5(2)11-4-6(8)7(9)10-11/h4-5H,3H2,1-2H3,(H2,9,10)/t5-/m0/s1. The molecule has 0 bridgehead atoms. The van der Waals surface area contributed by atoms with Crippen molar-refractivity contribution in [3.8, 4) is 0 Å². The van der Waals surface area contributed by atoms with Crippen molar-refractivity contribution in [3.63, 3.8) is 0 Å². The van der Waals surface area contributed by atoms with Gasteiger partial charge in [-0.25, -0.2) is 0 Å². The fourth-order valence-corrected chi connectivity index (χ4v) is 1.19. The molecule has 2 N–H and O–H groups in total. The van der Waals surface area contributed by atoms with Gasteiger partial charge >= 0.3 is 0 Å². The van der Waals surface area contributed by atoms with Gasteiger partial charge < -0.3 is 5.73 Å². The van der Waals surface area contributed by atoms with Crippen molar-refractivity contribution >= 4 is 28.4 Å². The third kappa shape index (κ3) is 1.85. The normalized spacial score (nSPS) is 13.4. The van der Waals surface area contributed by atoms with E-state index in [2.05, 4.69) is 41.5 Å². The molecular formula is C7H12IN3. The van der Waals surface area contributed by atoms with Gasteiger partial charge in [-0.3, -0.25) is 4.68 Å². The van der Waals surface area contributed by atoms with E-state index in [1.54, 1.807) is 0 Å². The SMILES string of the molecule is CC[C@H](C)n1cc(I)c(N)n1. The summed E-state index contributed by atoms with van der Waals surface area (Å²) in [5, 5.41) is 4.17. The van der Waals surface area contributed by atoms with Crippen LogP contribution in [0.15, 0.2) is 6.20 Å². The van der Waals surface area contributed by atoms with E-state index in [1.807, 2.05) is 10.9 Å². The molecule has 0 aliphatic heterocycles. The van der Waals surface area contributed by atoms with Crippen LogP contribution in [0.1, 0.15) is 26.3 Å². The zero-order chi connectivity index (χ0) is 8.43. The molecule has 0 spiro atoms. The Balaban J connectivity index is 2.88. The first-order chi connectivity index (χ1) is 5.15. The summed E-state index contributed by atoms with van der Waals surface area (Å²) in [4.78, 5) is 0. The Bertz CT molecular complexity index is 224. The molecule has 0 aliphatic rings. The Hall–Kier alpha value is -0.260. The summed E-state index contributed by atoms with van der Waals surface area (Å²) in [6.45, 7) is 4.26. The van der Waals surface area contributed by atoms with Crippen molar-refractivity contribution in [1.29, 1.82) is 0 Å². The minimum absolute atomic E-state index is 0.445. The van der Waals surface area contributed by atoms with Crippen LogP contribution in [0.4, 0.5) is 5.82 Å². The molecular weight excluding hydrogens is 253 g/mol. The molecule has 11 heavy (non-hydrogen) atoms. The Kier molecular flexibility index (Phi) is 2.75. The van der Waals surface area contributed by atoms with Crippen LogP contribution >= 0.6 is 22.6 Å². The Morgan fingerprint density at radius 2 is 2.45 bits per heavy atom. The third-order valence-corrected chi connectivity index (χ3v) is 2.59. The maximum absolute atomic E-state index is 5.59. The van der Waals surface area contributed by atoms with Gasteiger partial charge in [0.1, 0.15) is 0 Å². The fourth-order valence-electron chi connectivity index (χ4n) is 0.796. The molecule has 0 radical (unpaired) electrons. The molecule has 4 heteroatoms. The number of rotatable bonds is 2. The molecule has 3 nitrogen and oxygen atoms in total. The van der Waals surface area contributed by atoms with E-state index in [4.69, 9.17) is 5.73 Å². The molecule has 1 atom stereocenters. The molecule has 62 valence electrons. The number of nitrogen functional groups attached to an aromatic ring is 1. The van der Waals surface area contributed by atoms with E-state index in [0.29, 0.717) is 11.9 Å². The summed E-state index contributed by atoms with van der Waals surface area (Å²) >= 11 is 2.19. The molecule has 1 rings (SSSR count). The third-order valence-electron chi connectivity index (χ3n) is 1.76. The van der Waals surface area contributed by atoms with E-state index >= 15 is 0 Å². The number of nitrogens with zero attached hydrogens (tertiary/aromatic N) is 2. The number of anilines is 1. The fraction of sp³-hybridized carbons (Fsp3) is 0.571. The van der Waals surface area contributed by atoms with Gasteiger partial charge in [-0.15, -0.1) is 0 Å². The second-order valence-electron chi connectivity index (χ2n) is 2.60. The van der Waals surface area contributed by atoms with Crippen LogP contribution in [-0.4, -0.2) is 9.78 Å². The number of hydrogen-bond donors (Lipinski definition) is 1. The Labute approximate surface area is 80.1 Å².